The van der Waals surface area contributed by atoms with Crippen LogP contribution in [0, 0.1) is 6.92 Å². The summed E-state index contributed by atoms with van der Waals surface area (Å²) in [6.07, 6.45) is 4.34. The molecule has 1 unspecified atom stereocenters. The van der Waals surface area contributed by atoms with Gasteiger partial charge >= 0.3 is 5.97 Å². The molecule has 1 aromatic rings. The largest absolute Gasteiger partial charge is 0.482 e. The van der Waals surface area contributed by atoms with Crippen molar-refractivity contribution in [1.82, 2.24) is 5.32 Å². The van der Waals surface area contributed by atoms with Gasteiger partial charge in [-0.3, -0.25) is 4.79 Å². The van der Waals surface area contributed by atoms with Crippen molar-refractivity contribution in [3.8, 4) is 5.75 Å². The molecule has 0 radical (unpaired) electrons. The molecule has 0 spiro atoms. The van der Waals surface area contributed by atoms with E-state index in [9.17, 15) is 9.59 Å². The van der Waals surface area contributed by atoms with E-state index in [0.717, 1.165) is 41.9 Å². The molecule has 0 bridgehead atoms. The van der Waals surface area contributed by atoms with Gasteiger partial charge in [0, 0.05) is 10.9 Å². The number of carboxylic acids is 1. The Morgan fingerprint density at radius 2 is 2.14 bits per heavy atom. The predicted molar refractivity (Wildman–Crippen MR) is 83.3 cm³/mol. The van der Waals surface area contributed by atoms with E-state index in [4.69, 9.17) is 9.84 Å². The highest BCUT2D eigenvalue weighted by Gasteiger charge is 2.16. The predicted octanol–water partition coefficient (Wildman–Crippen LogP) is 3.22. The fraction of sp³-hybridized carbons (Fsp3) is 0.600. The van der Waals surface area contributed by atoms with E-state index in [1.165, 1.54) is 0 Å². The van der Waals surface area contributed by atoms with Crippen LogP contribution in [-0.4, -0.2) is 29.6 Å². The number of amides is 1. The number of thiophene rings is 1. The van der Waals surface area contributed by atoms with E-state index < -0.39 is 5.97 Å². The molecule has 6 heteroatoms. The van der Waals surface area contributed by atoms with Gasteiger partial charge in [-0.1, -0.05) is 26.2 Å². The second-order valence-corrected chi connectivity index (χ2v) is 6.36. The first kappa shape index (κ1) is 17.5. The van der Waals surface area contributed by atoms with Gasteiger partial charge in [-0.2, -0.15) is 0 Å². The molecule has 5 nitrogen and oxygen atoms in total. The van der Waals surface area contributed by atoms with Gasteiger partial charge in [0.15, 0.2) is 11.5 Å². The molecule has 1 amide bonds. The Hall–Kier alpha value is -1.56. The maximum absolute atomic E-state index is 11.8. The van der Waals surface area contributed by atoms with Crippen LogP contribution in [0.4, 0.5) is 0 Å². The smallest absolute Gasteiger partial charge is 0.349 e. The number of carbonyl (C=O) groups is 2. The number of carbonyl (C=O) groups excluding carboxylic acids is 1. The Bertz CT molecular complexity index is 484. The van der Waals surface area contributed by atoms with E-state index in [-0.39, 0.29) is 29.2 Å². The van der Waals surface area contributed by atoms with Crippen LogP contribution >= 0.6 is 11.3 Å². The van der Waals surface area contributed by atoms with Crippen molar-refractivity contribution in [2.45, 2.75) is 52.5 Å². The zero-order chi connectivity index (χ0) is 15.8. The summed E-state index contributed by atoms with van der Waals surface area (Å²) < 4.78 is 5.33. The zero-order valence-electron chi connectivity index (χ0n) is 12.8. The van der Waals surface area contributed by atoms with Crippen LogP contribution in [0.3, 0.4) is 0 Å². The van der Waals surface area contributed by atoms with Crippen molar-refractivity contribution < 1.29 is 19.4 Å². The number of aryl methyl sites for hydroxylation is 1. The highest BCUT2D eigenvalue weighted by Crippen LogP contribution is 2.28. The normalized spacial score (nSPS) is 12.0. The summed E-state index contributed by atoms with van der Waals surface area (Å²) in [5.41, 5.74) is 0. The number of nitrogens with one attached hydrogen (secondary N) is 1. The van der Waals surface area contributed by atoms with Crippen LogP contribution in [0.1, 0.15) is 54.1 Å². The minimum Gasteiger partial charge on any atom is -0.482 e. The van der Waals surface area contributed by atoms with Gasteiger partial charge in [-0.05, 0) is 26.3 Å². The first-order chi connectivity index (χ1) is 9.93. The van der Waals surface area contributed by atoms with Gasteiger partial charge in [0.1, 0.15) is 5.75 Å². The Morgan fingerprint density at radius 3 is 2.76 bits per heavy atom. The summed E-state index contributed by atoms with van der Waals surface area (Å²) in [7, 11) is 0. The van der Waals surface area contributed by atoms with Gasteiger partial charge in [0.05, 0.1) is 0 Å². The summed E-state index contributed by atoms with van der Waals surface area (Å²) in [5.74, 6) is -0.991. The van der Waals surface area contributed by atoms with E-state index in [1.54, 1.807) is 13.0 Å². The van der Waals surface area contributed by atoms with Gasteiger partial charge in [0.25, 0.3) is 5.91 Å². The number of rotatable bonds is 9. The minimum atomic E-state index is -1.03. The van der Waals surface area contributed by atoms with Crippen molar-refractivity contribution in [2.24, 2.45) is 0 Å². The molecule has 0 aromatic carbocycles. The lowest BCUT2D eigenvalue weighted by molar-refractivity contribution is -0.123. The van der Waals surface area contributed by atoms with Crippen LogP contribution in [0.25, 0.3) is 0 Å². The first-order valence-electron chi connectivity index (χ1n) is 7.20. The Morgan fingerprint density at radius 1 is 1.43 bits per heavy atom. The lowest BCUT2D eigenvalue weighted by Crippen LogP contribution is -2.36. The quantitative estimate of drug-likeness (QED) is 0.686. The average molecular weight is 313 g/mol. The summed E-state index contributed by atoms with van der Waals surface area (Å²) in [5, 5.41) is 11.9. The van der Waals surface area contributed by atoms with Crippen molar-refractivity contribution in [2.75, 3.05) is 6.61 Å². The summed E-state index contributed by atoms with van der Waals surface area (Å²) in [4.78, 5) is 23.8. The minimum absolute atomic E-state index is 0.107. The Balaban J connectivity index is 2.41. The molecular weight excluding hydrogens is 290 g/mol. The molecular formula is C15H23NO4S. The molecule has 1 aromatic heterocycles. The van der Waals surface area contributed by atoms with Crippen molar-refractivity contribution >= 4 is 23.2 Å². The van der Waals surface area contributed by atoms with E-state index in [0.29, 0.717) is 0 Å². The zero-order valence-corrected chi connectivity index (χ0v) is 13.6. The summed E-state index contributed by atoms with van der Waals surface area (Å²) in [6, 6.07) is 1.75. The highest BCUT2D eigenvalue weighted by molar-refractivity contribution is 7.14. The lowest BCUT2D eigenvalue weighted by Gasteiger charge is -2.13. The third-order valence-electron chi connectivity index (χ3n) is 3.02. The standard InChI is InChI=1S/C15H23NO4S/c1-4-5-6-7-10(2)16-13(17)9-20-12-8-11(3)21-14(12)15(18)19/h8,10H,4-7,9H2,1-3H3,(H,16,17)(H,18,19). The van der Waals surface area contributed by atoms with Crippen molar-refractivity contribution in [3.63, 3.8) is 0 Å². The monoisotopic (exact) mass is 313 g/mol. The van der Waals surface area contributed by atoms with E-state index >= 15 is 0 Å². The first-order valence-corrected chi connectivity index (χ1v) is 8.01. The maximum Gasteiger partial charge on any atom is 0.349 e. The molecule has 1 heterocycles. The molecule has 0 saturated carbocycles. The fourth-order valence-corrected chi connectivity index (χ4v) is 2.77. The second-order valence-electron chi connectivity index (χ2n) is 5.11. The topological polar surface area (TPSA) is 75.6 Å². The number of hydrogen-bond donors (Lipinski definition) is 2. The lowest BCUT2D eigenvalue weighted by atomic mass is 10.1. The number of hydrogen-bond acceptors (Lipinski definition) is 4. The molecule has 0 fully saturated rings. The number of unbranched alkanes of at least 4 members (excludes halogenated alkanes) is 2. The molecule has 21 heavy (non-hydrogen) atoms. The molecule has 1 rings (SSSR count). The van der Waals surface area contributed by atoms with Crippen molar-refractivity contribution in [1.29, 1.82) is 0 Å². The SMILES string of the molecule is CCCCCC(C)NC(=O)COc1cc(C)sc1C(=O)O. The third-order valence-corrected chi connectivity index (χ3v) is 4.04. The summed E-state index contributed by atoms with van der Waals surface area (Å²) in [6.45, 7) is 5.75. The van der Waals surface area contributed by atoms with Gasteiger partial charge in [-0.15, -0.1) is 11.3 Å². The molecule has 0 aliphatic rings. The fourth-order valence-electron chi connectivity index (χ4n) is 1.98. The number of ether oxygens (including phenoxy) is 1. The molecule has 118 valence electrons. The molecule has 0 aliphatic carbocycles. The molecule has 1 atom stereocenters. The summed E-state index contributed by atoms with van der Waals surface area (Å²) >= 11 is 1.15. The maximum atomic E-state index is 11.8. The Kier molecular flexibility index (Phi) is 7.22. The molecule has 0 saturated heterocycles. The third kappa shape index (κ3) is 6.16. The Labute approximate surface area is 129 Å². The second kappa shape index (κ2) is 8.67. The van der Waals surface area contributed by atoms with Crippen LogP contribution in [0.15, 0.2) is 6.07 Å². The number of aromatic carboxylic acids is 1. The average Bonchev–Trinajstić information content (AvgIpc) is 2.78. The molecule has 2 N–H and O–H groups in total. The van der Waals surface area contributed by atoms with Crippen LogP contribution in [0.5, 0.6) is 5.75 Å². The van der Waals surface area contributed by atoms with Crippen LogP contribution in [0.2, 0.25) is 0 Å². The van der Waals surface area contributed by atoms with E-state index in [1.807, 2.05) is 6.92 Å². The van der Waals surface area contributed by atoms with Crippen molar-refractivity contribution in [3.05, 3.63) is 15.8 Å². The molecule has 0 aliphatic heterocycles. The van der Waals surface area contributed by atoms with Crippen LogP contribution < -0.4 is 10.1 Å². The highest BCUT2D eigenvalue weighted by atomic mass is 32.1. The number of carboxylic acid groups (broad SMARTS) is 1. The van der Waals surface area contributed by atoms with Gasteiger partial charge < -0.3 is 15.2 Å². The van der Waals surface area contributed by atoms with E-state index in [2.05, 4.69) is 12.2 Å². The van der Waals surface area contributed by atoms with Crippen LogP contribution in [-0.2, 0) is 4.79 Å². The van der Waals surface area contributed by atoms with Gasteiger partial charge in [0.2, 0.25) is 0 Å². The van der Waals surface area contributed by atoms with Gasteiger partial charge in [-0.25, -0.2) is 4.79 Å².